The minimum Gasteiger partial charge on any atom is -0.406 e. The van der Waals surface area contributed by atoms with E-state index in [1.807, 2.05) is 4.72 Å². The predicted octanol–water partition coefficient (Wildman–Crippen LogP) is 2.42. The van der Waals surface area contributed by atoms with Crippen molar-refractivity contribution in [3.05, 3.63) is 54.1 Å². The third-order valence-electron chi connectivity index (χ3n) is 3.13. The summed E-state index contributed by atoms with van der Waals surface area (Å²) < 4.78 is 91.6. The van der Waals surface area contributed by atoms with Crippen LogP contribution in [0.15, 0.2) is 53.4 Å². The fraction of sp³-hybridized carbons (Fsp3) is 0.133. The van der Waals surface area contributed by atoms with Gasteiger partial charge in [0.25, 0.3) is 10.0 Å². The molecule has 0 bridgehead atoms. The van der Waals surface area contributed by atoms with E-state index in [1.165, 1.54) is 23.2 Å². The highest BCUT2D eigenvalue weighted by Gasteiger charge is 2.31. The molecule has 152 valence electrons. The van der Waals surface area contributed by atoms with Gasteiger partial charge in [0.1, 0.15) is 5.75 Å². The van der Waals surface area contributed by atoms with E-state index in [-0.39, 0.29) is 17.0 Å². The van der Waals surface area contributed by atoms with Crippen molar-refractivity contribution in [1.29, 1.82) is 0 Å². The number of ether oxygens (including phenoxy) is 1. The molecule has 0 fully saturated rings. The SMILES string of the molecule is CC(=O)c1ccc(S(=O)(=O)NS(=O)(=O)Nc2ccc(OC(F)(F)F)cc2)cc1. The topological polar surface area (TPSA) is 119 Å². The van der Waals surface area contributed by atoms with Gasteiger partial charge in [0, 0.05) is 5.56 Å². The van der Waals surface area contributed by atoms with E-state index in [1.54, 1.807) is 0 Å². The molecule has 0 unspecified atom stereocenters. The van der Waals surface area contributed by atoms with Crippen LogP contribution in [-0.4, -0.2) is 29.0 Å². The molecule has 2 aromatic carbocycles. The summed E-state index contributed by atoms with van der Waals surface area (Å²) in [6, 6.07) is 8.14. The third-order valence-corrected chi connectivity index (χ3v) is 6.28. The Kier molecular flexibility index (Phi) is 6.01. The molecule has 0 atom stereocenters. The molecule has 0 aliphatic rings. The van der Waals surface area contributed by atoms with Crippen LogP contribution in [0, 0.1) is 0 Å². The predicted molar refractivity (Wildman–Crippen MR) is 92.4 cm³/mol. The minimum atomic E-state index is -4.91. The fourth-order valence-corrected chi connectivity index (χ4v) is 4.61. The van der Waals surface area contributed by atoms with Crippen LogP contribution in [0.25, 0.3) is 0 Å². The molecular formula is C15H13F3N2O6S2. The number of halogens is 3. The average Bonchev–Trinajstić information content (AvgIpc) is 2.54. The molecular weight excluding hydrogens is 425 g/mol. The Balaban J connectivity index is 2.13. The van der Waals surface area contributed by atoms with Gasteiger partial charge in [0.05, 0.1) is 10.6 Å². The van der Waals surface area contributed by atoms with Crippen LogP contribution in [0.3, 0.4) is 0 Å². The van der Waals surface area contributed by atoms with Crippen molar-refractivity contribution in [2.75, 3.05) is 4.72 Å². The lowest BCUT2D eigenvalue weighted by atomic mass is 10.2. The highest BCUT2D eigenvalue weighted by molar-refractivity contribution is 8.05. The number of benzene rings is 2. The van der Waals surface area contributed by atoms with Crippen molar-refractivity contribution >= 4 is 31.7 Å². The highest BCUT2D eigenvalue weighted by atomic mass is 32.3. The lowest BCUT2D eigenvalue weighted by Gasteiger charge is -2.12. The molecule has 28 heavy (non-hydrogen) atoms. The van der Waals surface area contributed by atoms with Gasteiger partial charge < -0.3 is 4.74 Å². The van der Waals surface area contributed by atoms with Crippen LogP contribution >= 0.6 is 0 Å². The Hall–Kier alpha value is -2.64. The zero-order valence-electron chi connectivity index (χ0n) is 14.0. The number of sulfonamides is 1. The van der Waals surface area contributed by atoms with E-state index < -0.39 is 37.2 Å². The molecule has 0 saturated carbocycles. The quantitative estimate of drug-likeness (QED) is 0.641. The Morgan fingerprint density at radius 1 is 0.929 bits per heavy atom. The molecule has 0 saturated heterocycles. The summed E-state index contributed by atoms with van der Waals surface area (Å²) >= 11 is 0. The van der Waals surface area contributed by atoms with Gasteiger partial charge in [0.2, 0.25) is 0 Å². The Bertz CT molecular complexity index is 1060. The molecule has 2 N–H and O–H groups in total. The molecule has 0 aliphatic carbocycles. The number of carbonyl (C=O) groups is 1. The first-order valence-corrected chi connectivity index (χ1v) is 10.3. The number of ketones is 1. The van der Waals surface area contributed by atoms with E-state index in [2.05, 4.69) is 4.74 Å². The molecule has 0 aromatic heterocycles. The van der Waals surface area contributed by atoms with Gasteiger partial charge in [-0.2, -0.15) is 8.42 Å². The summed E-state index contributed by atoms with van der Waals surface area (Å²) in [7, 11) is -9.13. The smallest absolute Gasteiger partial charge is 0.406 e. The van der Waals surface area contributed by atoms with Crippen LogP contribution in [-0.2, 0) is 20.2 Å². The van der Waals surface area contributed by atoms with Gasteiger partial charge in [-0.25, -0.2) is 8.42 Å². The summed E-state index contributed by atoms with van der Waals surface area (Å²) in [5, 5.41) is 0. The molecule has 13 heteroatoms. The van der Waals surface area contributed by atoms with Gasteiger partial charge in [0.15, 0.2) is 5.78 Å². The van der Waals surface area contributed by atoms with Crippen molar-refractivity contribution in [1.82, 2.24) is 4.13 Å². The van der Waals surface area contributed by atoms with Crippen LogP contribution in [0.5, 0.6) is 5.75 Å². The maximum absolute atomic E-state index is 12.2. The number of carbonyl (C=O) groups excluding carboxylic acids is 1. The first-order chi connectivity index (χ1) is 12.8. The molecule has 2 aromatic rings. The number of rotatable bonds is 7. The largest absolute Gasteiger partial charge is 0.573 e. The number of hydrogen-bond acceptors (Lipinski definition) is 6. The normalized spacial score (nSPS) is 12.4. The zero-order chi connectivity index (χ0) is 21.2. The summed E-state index contributed by atoms with van der Waals surface area (Å²) in [6.45, 7) is 1.28. The summed E-state index contributed by atoms with van der Waals surface area (Å²) in [5.41, 5.74) is 0.0326. The first kappa shape index (κ1) is 21.7. The Morgan fingerprint density at radius 3 is 1.93 bits per heavy atom. The van der Waals surface area contributed by atoms with E-state index in [9.17, 15) is 34.8 Å². The monoisotopic (exact) mass is 438 g/mol. The molecule has 0 aliphatic heterocycles. The van der Waals surface area contributed by atoms with Crippen molar-refractivity contribution in [2.45, 2.75) is 18.2 Å². The summed E-state index contributed by atoms with van der Waals surface area (Å²) in [4.78, 5) is 10.8. The Morgan fingerprint density at radius 2 is 1.46 bits per heavy atom. The van der Waals surface area contributed by atoms with Crippen molar-refractivity contribution < 1.29 is 39.5 Å². The van der Waals surface area contributed by atoms with E-state index in [0.717, 1.165) is 36.4 Å². The van der Waals surface area contributed by atoms with Crippen molar-refractivity contribution in [3.63, 3.8) is 0 Å². The van der Waals surface area contributed by atoms with E-state index >= 15 is 0 Å². The third kappa shape index (κ3) is 6.21. The van der Waals surface area contributed by atoms with Gasteiger partial charge in [-0.15, -0.1) is 13.2 Å². The van der Waals surface area contributed by atoms with E-state index in [0.29, 0.717) is 0 Å². The Labute approximate surface area is 158 Å². The second kappa shape index (κ2) is 7.77. The molecule has 0 amide bonds. The number of alkyl halides is 3. The van der Waals surface area contributed by atoms with E-state index in [4.69, 9.17) is 0 Å². The second-order valence-corrected chi connectivity index (χ2v) is 8.70. The number of hydrogen-bond donors (Lipinski definition) is 2. The average molecular weight is 438 g/mol. The standard InChI is InChI=1S/C15H13F3N2O6S2/c1-10(21)11-2-8-14(9-3-11)27(22,23)20-28(24,25)19-12-4-6-13(7-5-12)26-15(16,17)18/h2-9,19-20H,1H3. The lowest BCUT2D eigenvalue weighted by molar-refractivity contribution is -0.274. The number of nitrogens with one attached hydrogen (secondary N) is 2. The van der Waals surface area contributed by atoms with Gasteiger partial charge >= 0.3 is 16.6 Å². The first-order valence-electron chi connectivity index (χ1n) is 7.31. The highest BCUT2D eigenvalue weighted by Crippen LogP contribution is 2.24. The lowest BCUT2D eigenvalue weighted by Crippen LogP contribution is -2.35. The fourth-order valence-electron chi connectivity index (χ4n) is 1.96. The minimum absolute atomic E-state index is 0.204. The number of Topliss-reactive ketones (excluding diaryl/α,β-unsaturated/α-hetero) is 1. The second-order valence-electron chi connectivity index (χ2n) is 5.35. The summed E-state index contributed by atoms with van der Waals surface area (Å²) in [6.07, 6.45) is -4.91. The van der Waals surface area contributed by atoms with Crippen molar-refractivity contribution in [2.24, 2.45) is 0 Å². The molecule has 8 nitrogen and oxygen atoms in total. The number of anilines is 1. The zero-order valence-corrected chi connectivity index (χ0v) is 15.7. The van der Waals surface area contributed by atoms with Crippen LogP contribution in [0.2, 0.25) is 0 Å². The summed E-state index contributed by atoms with van der Waals surface area (Å²) in [5.74, 6) is -0.884. The van der Waals surface area contributed by atoms with Crippen LogP contribution in [0.4, 0.5) is 18.9 Å². The maximum atomic E-state index is 12.2. The molecule has 0 spiro atoms. The maximum Gasteiger partial charge on any atom is 0.573 e. The molecule has 0 heterocycles. The van der Waals surface area contributed by atoms with Crippen LogP contribution < -0.4 is 13.6 Å². The van der Waals surface area contributed by atoms with Gasteiger partial charge in [-0.1, -0.05) is 16.3 Å². The van der Waals surface area contributed by atoms with Crippen molar-refractivity contribution in [3.8, 4) is 5.75 Å². The molecule has 2 rings (SSSR count). The van der Waals surface area contributed by atoms with Gasteiger partial charge in [-0.3, -0.25) is 9.52 Å². The van der Waals surface area contributed by atoms with Crippen LogP contribution in [0.1, 0.15) is 17.3 Å². The van der Waals surface area contributed by atoms with Gasteiger partial charge in [-0.05, 0) is 43.3 Å². The molecule has 0 radical (unpaired) electrons.